The van der Waals surface area contributed by atoms with Crippen molar-refractivity contribution in [2.45, 2.75) is 51.5 Å². The average Bonchev–Trinajstić information content (AvgIpc) is 3.14. The third-order valence-electron chi connectivity index (χ3n) is 8.42. The topological polar surface area (TPSA) is 61.4 Å². The number of carbonyl (C=O) groups is 2. The van der Waals surface area contributed by atoms with Crippen LogP contribution in [0, 0.1) is 29.1 Å². The molecule has 1 aromatic carbocycles. The Bertz CT molecular complexity index is 889. The van der Waals surface area contributed by atoms with E-state index in [1.807, 2.05) is 24.3 Å². The van der Waals surface area contributed by atoms with Crippen LogP contribution in [0.15, 0.2) is 40.9 Å². The van der Waals surface area contributed by atoms with Gasteiger partial charge in [-0.3, -0.25) is 9.59 Å². The fourth-order valence-corrected chi connectivity index (χ4v) is 6.82. The van der Waals surface area contributed by atoms with E-state index in [2.05, 4.69) is 50.5 Å². The molecule has 2 amide bonds. The number of likely N-dealkylation sites (tertiary alicyclic amines) is 1. The summed E-state index contributed by atoms with van der Waals surface area (Å²) in [6.45, 7) is 5.42. The zero-order valence-electron chi connectivity index (χ0n) is 18.9. The summed E-state index contributed by atoms with van der Waals surface area (Å²) in [5.41, 5.74) is 0.943. The van der Waals surface area contributed by atoms with Crippen LogP contribution in [0.2, 0.25) is 0 Å². The number of allylic oxidation sites excluding steroid dienone is 2. The first kappa shape index (κ1) is 22.1. The Balaban J connectivity index is 1.21. The number of nitrogens with one attached hydrogen (secondary N) is 2. The maximum Gasteiger partial charge on any atom is 0.228 e. The lowest BCUT2D eigenvalue weighted by molar-refractivity contribution is -0.132. The lowest BCUT2D eigenvalue weighted by atomic mass is 9.81. The molecule has 1 saturated heterocycles. The standard InChI is InChI=1S/C26H34BrN3O2/c1-17(30-15-2-3-16-30)5-4-14-28-24(31)22-20-10-11-21(26(20)12-13-26)23(22)25(32)29-19-8-6-18(27)7-9-19/h6-11,17,20-23H,2-5,12-16H2,1H3,(H,28,31)(H,29,32)/t17?,20-,21+,22-,23-/m1/s1. The number of rotatable bonds is 8. The zero-order chi connectivity index (χ0) is 22.3. The molecular formula is C26H34BrN3O2. The summed E-state index contributed by atoms with van der Waals surface area (Å²) in [7, 11) is 0. The van der Waals surface area contributed by atoms with E-state index in [0.29, 0.717) is 12.6 Å². The highest BCUT2D eigenvalue weighted by atomic mass is 79.9. The van der Waals surface area contributed by atoms with Crippen LogP contribution >= 0.6 is 15.9 Å². The molecule has 4 aliphatic rings. The van der Waals surface area contributed by atoms with Crippen LogP contribution < -0.4 is 10.6 Å². The second-order valence-corrected chi connectivity index (χ2v) is 11.2. The molecule has 3 aliphatic carbocycles. The molecule has 1 spiro atoms. The average molecular weight is 500 g/mol. The normalized spacial score (nSPS) is 30.6. The van der Waals surface area contributed by atoms with Gasteiger partial charge in [-0.15, -0.1) is 0 Å². The lowest BCUT2D eigenvalue weighted by Crippen LogP contribution is -2.42. The van der Waals surface area contributed by atoms with Crippen molar-refractivity contribution < 1.29 is 9.59 Å². The number of amides is 2. The molecule has 1 heterocycles. The highest BCUT2D eigenvalue weighted by Crippen LogP contribution is 2.72. The van der Waals surface area contributed by atoms with Crippen molar-refractivity contribution in [1.29, 1.82) is 0 Å². The Labute approximate surface area is 199 Å². The van der Waals surface area contributed by atoms with Crippen molar-refractivity contribution in [3.63, 3.8) is 0 Å². The summed E-state index contributed by atoms with van der Waals surface area (Å²) >= 11 is 3.44. The van der Waals surface area contributed by atoms with Crippen LogP contribution in [0.3, 0.4) is 0 Å². The fraction of sp³-hybridized carbons (Fsp3) is 0.615. The quantitative estimate of drug-likeness (QED) is 0.405. The van der Waals surface area contributed by atoms with Gasteiger partial charge in [-0.25, -0.2) is 0 Å². The van der Waals surface area contributed by atoms with Crippen molar-refractivity contribution in [3.05, 3.63) is 40.9 Å². The first-order chi connectivity index (χ1) is 15.5. The molecule has 3 fully saturated rings. The van der Waals surface area contributed by atoms with Gasteiger partial charge < -0.3 is 15.5 Å². The van der Waals surface area contributed by atoms with E-state index in [1.54, 1.807) is 0 Å². The van der Waals surface area contributed by atoms with Gasteiger partial charge in [-0.2, -0.15) is 0 Å². The largest absolute Gasteiger partial charge is 0.356 e. The predicted octanol–water partition coefficient (Wildman–Crippen LogP) is 4.60. The van der Waals surface area contributed by atoms with Crippen molar-refractivity contribution in [2.24, 2.45) is 29.1 Å². The van der Waals surface area contributed by atoms with Crippen molar-refractivity contribution in [1.82, 2.24) is 10.2 Å². The summed E-state index contributed by atoms with van der Waals surface area (Å²) in [5.74, 6) is -0.0830. The number of hydrogen-bond acceptors (Lipinski definition) is 3. The van der Waals surface area contributed by atoms with Gasteiger partial charge in [0.05, 0.1) is 11.8 Å². The van der Waals surface area contributed by atoms with Gasteiger partial charge in [0.2, 0.25) is 11.8 Å². The number of halogens is 1. The fourth-order valence-electron chi connectivity index (χ4n) is 6.56. The molecular weight excluding hydrogens is 466 g/mol. The van der Waals surface area contributed by atoms with Crippen LogP contribution in [0.25, 0.3) is 0 Å². The summed E-state index contributed by atoms with van der Waals surface area (Å²) in [4.78, 5) is 29.2. The van der Waals surface area contributed by atoms with Crippen LogP contribution in [-0.4, -0.2) is 42.4 Å². The molecule has 5 rings (SSSR count). The molecule has 0 aromatic heterocycles. The zero-order valence-corrected chi connectivity index (χ0v) is 20.4. The molecule has 172 valence electrons. The smallest absolute Gasteiger partial charge is 0.228 e. The van der Waals surface area contributed by atoms with Crippen LogP contribution in [0.1, 0.15) is 45.4 Å². The third-order valence-corrected chi connectivity index (χ3v) is 8.95. The summed E-state index contributed by atoms with van der Waals surface area (Å²) in [6, 6.07) is 8.22. The van der Waals surface area contributed by atoms with Gasteiger partial charge in [0, 0.05) is 22.7 Å². The Kier molecular flexibility index (Phi) is 6.19. The molecule has 1 aromatic rings. The van der Waals surface area contributed by atoms with Crippen molar-refractivity contribution >= 4 is 33.4 Å². The molecule has 5 nitrogen and oxygen atoms in total. The maximum absolute atomic E-state index is 13.3. The Hall–Kier alpha value is -1.66. The minimum absolute atomic E-state index is 0.0155. The summed E-state index contributed by atoms with van der Waals surface area (Å²) in [5, 5.41) is 6.28. The molecule has 2 N–H and O–H groups in total. The number of nitrogens with zero attached hydrogens (tertiary/aromatic N) is 1. The Morgan fingerprint density at radius 1 is 1.06 bits per heavy atom. The highest BCUT2D eigenvalue weighted by Gasteiger charge is 2.69. The first-order valence-electron chi connectivity index (χ1n) is 12.3. The summed E-state index contributed by atoms with van der Waals surface area (Å²) < 4.78 is 0.978. The van der Waals surface area contributed by atoms with E-state index in [0.717, 1.165) is 35.8 Å². The number of hydrogen-bond donors (Lipinski definition) is 2. The minimum atomic E-state index is -0.278. The van der Waals surface area contributed by atoms with Crippen molar-refractivity contribution in [3.8, 4) is 0 Å². The van der Waals surface area contributed by atoms with E-state index in [9.17, 15) is 9.59 Å². The SMILES string of the molecule is CC(CCCNC(=O)[C@H]1[C@H](C(=O)Nc2ccc(Br)cc2)[C@@H]2C=C[C@H]1C21CC1)N1CCCC1. The van der Waals surface area contributed by atoms with Crippen LogP contribution in [-0.2, 0) is 9.59 Å². The summed E-state index contributed by atoms with van der Waals surface area (Å²) in [6.07, 6.45) is 11.4. The van der Waals surface area contributed by atoms with Gasteiger partial charge >= 0.3 is 0 Å². The van der Waals surface area contributed by atoms with Gasteiger partial charge in [0.25, 0.3) is 0 Å². The molecule has 2 saturated carbocycles. The molecule has 0 radical (unpaired) electrons. The van der Waals surface area contributed by atoms with Crippen LogP contribution in [0.5, 0.6) is 0 Å². The van der Waals surface area contributed by atoms with E-state index >= 15 is 0 Å². The molecule has 5 atom stereocenters. The number of carbonyl (C=O) groups excluding carboxylic acids is 2. The van der Waals surface area contributed by atoms with Gasteiger partial charge in [0.15, 0.2) is 0 Å². The molecule has 6 heteroatoms. The highest BCUT2D eigenvalue weighted by molar-refractivity contribution is 9.10. The van der Waals surface area contributed by atoms with Gasteiger partial charge in [-0.1, -0.05) is 28.1 Å². The number of benzene rings is 1. The van der Waals surface area contributed by atoms with E-state index in [1.165, 1.54) is 25.9 Å². The second kappa shape index (κ2) is 8.94. The first-order valence-corrected chi connectivity index (χ1v) is 13.1. The van der Waals surface area contributed by atoms with Crippen molar-refractivity contribution in [2.75, 3.05) is 25.0 Å². The Morgan fingerprint density at radius 2 is 1.69 bits per heavy atom. The van der Waals surface area contributed by atoms with E-state index in [-0.39, 0.29) is 40.9 Å². The Morgan fingerprint density at radius 3 is 2.31 bits per heavy atom. The molecule has 2 bridgehead atoms. The third kappa shape index (κ3) is 4.05. The monoisotopic (exact) mass is 499 g/mol. The molecule has 1 unspecified atom stereocenters. The van der Waals surface area contributed by atoms with E-state index in [4.69, 9.17) is 0 Å². The van der Waals surface area contributed by atoms with Gasteiger partial charge in [-0.05, 0) is 100 Å². The van der Waals surface area contributed by atoms with Gasteiger partial charge in [0.1, 0.15) is 0 Å². The minimum Gasteiger partial charge on any atom is -0.356 e. The lowest BCUT2D eigenvalue weighted by Gasteiger charge is -2.27. The maximum atomic E-state index is 13.3. The number of anilines is 1. The van der Waals surface area contributed by atoms with E-state index < -0.39 is 0 Å². The second-order valence-electron chi connectivity index (χ2n) is 10.2. The molecule has 32 heavy (non-hydrogen) atoms. The van der Waals surface area contributed by atoms with Crippen LogP contribution in [0.4, 0.5) is 5.69 Å². The molecule has 1 aliphatic heterocycles. The predicted molar refractivity (Wildman–Crippen MR) is 130 cm³/mol.